The summed E-state index contributed by atoms with van der Waals surface area (Å²) in [5.41, 5.74) is 1.64. The van der Waals surface area contributed by atoms with Crippen molar-refractivity contribution in [3.8, 4) is 0 Å². The monoisotopic (exact) mass is 286 g/mol. The molecule has 0 spiro atoms. The van der Waals surface area contributed by atoms with Gasteiger partial charge >= 0.3 is 0 Å². The number of alkyl halides is 1. The number of halogens is 3. The molecule has 0 nitrogen and oxygen atoms in total. The first kappa shape index (κ1) is 13.5. The molecule has 0 aliphatic carbocycles. The number of rotatable bonds is 3. The minimum atomic E-state index is -0.565. The summed E-state index contributed by atoms with van der Waals surface area (Å²) in [4.78, 5) is 2.24. The molecule has 0 aliphatic heterocycles. The molecule has 0 aliphatic rings. The van der Waals surface area contributed by atoms with E-state index >= 15 is 0 Å². The Hall–Kier alpha value is -0.930. The van der Waals surface area contributed by atoms with Gasteiger partial charge in [-0.05, 0) is 43.5 Å². The second kappa shape index (κ2) is 5.37. The van der Waals surface area contributed by atoms with Crippen LogP contribution in [0.25, 0.3) is 0 Å². The van der Waals surface area contributed by atoms with Crippen LogP contribution >= 0.6 is 22.9 Å². The molecule has 0 bridgehead atoms. The number of hydrogen-bond acceptors (Lipinski definition) is 1. The average molecular weight is 287 g/mol. The number of thiophene rings is 1. The maximum absolute atomic E-state index is 13.5. The first-order chi connectivity index (χ1) is 8.47. The van der Waals surface area contributed by atoms with Gasteiger partial charge < -0.3 is 0 Å². The van der Waals surface area contributed by atoms with Gasteiger partial charge in [0.25, 0.3) is 0 Å². The van der Waals surface area contributed by atoms with E-state index in [1.165, 1.54) is 22.6 Å². The SMILES string of the molecule is Cc1cc(C(Cl)Cc2ccc(F)cc2F)sc1C. The highest BCUT2D eigenvalue weighted by molar-refractivity contribution is 7.12. The fourth-order valence-electron chi connectivity index (χ4n) is 1.74. The minimum absolute atomic E-state index is 0.276. The average Bonchev–Trinajstić information content (AvgIpc) is 2.63. The van der Waals surface area contributed by atoms with Crippen molar-refractivity contribution in [2.75, 3.05) is 0 Å². The van der Waals surface area contributed by atoms with Crippen LogP contribution in [0.15, 0.2) is 24.3 Å². The molecule has 2 rings (SSSR count). The lowest BCUT2D eigenvalue weighted by Gasteiger charge is -2.08. The standard InChI is InChI=1S/C14H13ClF2S/c1-8-5-14(18-9(8)2)12(15)6-10-3-4-11(16)7-13(10)17/h3-5,7,12H,6H2,1-2H3. The Balaban J connectivity index is 2.18. The molecular formula is C14H13ClF2S. The van der Waals surface area contributed by atoms with Gasteiger partial charge in [-0.1, -0.05) is 6.07 Å². The van der Waals surface area contributed by atoms with Gasteiger partial charge in [-0.2, -0.15) is 0 Å². The molecule has 0 saturated heterocycles. The third kappa shape index (κ3) is 2.90. The van der Waals surface area contributed by atoms with Crippen molar-refractivity contribution in [3.05, 3.63) is 56.8 Å². The Morgan fingerprint density at radius 3 is 2.50 bits per heavy atom. The van der Waals surface area contributed by atoms with Crippen molar-refractivity contribution < 1.29 is 8.78 Å². The topological polar surface area (TPSA) is 0 Å². The van der Waals surface area contributed by atoms with E-state index < -0.39 is 11.6 Å². The van der Waals surface area contributed by atoms with E-state index in [0.717, 1.165) is 10.9 Å². The first-order valence-electron chi connectivity index (χ1n) is 5.62. The van der Waals surface area contributed by atoms with Crippen molar-refractivity contribution in [1.29, 1.82) is 0 Å². The lowest BCUT2D eigenvalue weighted by molar-refractivity contribution is 0.571. The molecule has 2 aromatic rings. The van der Waals surface area contributed by atoms with Gasteiger partial charge in [0.2, 0.25) is 0 Å². The summed E-state index contributed by atoms with van der Waals surface area (Å²) in [6.07, 6.45) is 0.368. The minimum Gasteiger partial charge on any atom is -0.207 e. The Bertz CT molecular complexity index is 543. The first-order valence-corrected chi connectivity index (χ1v) is 6.87. The van der Waals surface area contributed by atoms with Gasteiger partial charge in [-0.3, -0.25) is 0 Å². The van der Waals surface area contributed by atoms with Gasteiger partial charge in [0.15, 0.2) is 0 Å². The Morgan fingerprint density at radius 2 is 1.94 bits per heavy atom. The van der Waals surface area contributed by atoms with E-state index in [4.69, 9.17) is 11.6 Å². The maximum Gasteiger partial charge on any atom is 0.129 e. The number of hydrogen-bond donors (Lipinski definition) is 0. The largest absolute Gasteiger partial charge is 0.207 e. The van der Waals surface area contributed by atoms with Crippen molar-refractivity contribution >= 4 is 22.9 Å². The predicted octanol–water partition coefficient (Wildman–Crippen LogP) is 5.17. The van der Waals surface area contributed by atoms with E-state index in [1.807, 2.05) is 19.9 Å². The van der Waals surface area contributed by atoms with Crippen LogP contribution in [0.5, 0.6) is 0 Å². The smallest absolute Gasteiger partial charge is 0.129 e. The van der Waals surface area contributed by atoms with Crippen molar-refractivity contribution in [3.63, 3.8) is 0 Å². The molecule has 96 valence electrons. The molecule has 4 heteroatoms. The van der Waals surface area contributed by atoms with Crippen LogP contribution in [0.3, 0.4) is 0 Å². The van der Waals surface area contributed by atoms with Crippen molar-refractivity contribution in [2.45, 2.75) is 25.6 Å². The summed E-state index contributed by atoms with van der Waals surface area (Å²) in [6, 6.07) is 5.63. The Labute approximate surface area is 114 Å². The molecule has 1 atom stereocenters. The highest BCUT2D eigenvalue weighted by Crippen LogP contribution is 2.33. The molecule has 0 amide bonds. The quantitative estimate of drug-likeness (QED) is 0.683. The zero-order valence-electron chi connectivity index (χ0n) is 10.1. The second-order valence-corrected chi connectivity index (χ2v) is 6.11. The Morgan fingerprint density at radius 1 is 1.22 bits per heavy atom. The molecule has 1 heterocycles. The fraction of sp³-hybridized carbons (Fsp3) is 0.286. The molecule has 1 aromatic heterocycles. The predicted molar refractivity (Wildman–Crippen MR) is 72.4 cm³/mol. The van der Waals surface area contributed by atoms with Crippen LogP contribution in [-0.4, -0.2) is 0 Å². The van der Waals surface area contributed by atoms with E-state index in [-0.39, 0.29) is 5.38 Å². The summed E-state index contributed by atoms with van der Waals surface area (Å²) >= 11 is 7.91. The van der Waals surface area contributed by atoms with Crippen LogP contribution in [0.1, 0.15) is 26.3 Å². The van der Waals surface area contributed by atoms with E-state index in [2.05, 4.69) is 0 Å². The maximum atomic E-state index is 13.5. The Kier molecular flexibility index (Phi) is 4.03. The summed E-state index contributed by atoms with van der Waals surface area (Å²) in [5.74, 6) is -1.10. The van der Waals surface area contributed by atoms with Crippen LogP contribution in [-0.2, 0) is 6.42 Å². The summed E-state index contributed by atoms with van der Waals surface area (Å²) in [7, 11) is 0. The van der Waals surface area contributed by atoms with Crippen LogP contribution in [0.2, 0.25) is 0 Å². The summed E-state index contributed by atoms with van der Waals surface area (Å²) in [6.45, 7) is 4.06. The number of benzene rings is 1. The van der Waals surface area contributed by atoms with Crippen LogP contribution in [0.4, 0.5) is 8.78 Å². The van der Waals surface area contributed by atoms with Crippen molar-refractivity contribution in [2.24, 2.45) is 0 Å². The van der Waals surface area contributed by atoms with Gasteiger partial charge in [0, 0.05) is 15.8 Å². The zero-order chi connectivity index (χ0) is 13.3. The molecule has 1 aromatic carbocycles. The van der Waals surface area contributed by atoms with Crippen LogP contribution < -0.4 is 0 Å². The third-order valence-electron chi connectivity index (χ3n) is 2.91. The van der Waals surface area contributed by atoms with E-state index in [1.54, 1.807) is 11.3 Å². The molecule has 0 fully saturated rings. The van der Waals surface area contributed by atoms with Gasteiger partial charge in [-0.25, -0.2) is 8.78 Å². The number of aryl methyl sites for hydroxylation is 2. The summed E-state index contributed by atoms with van der Waals surface area (Å²) in [5, 5.41) is -0.276. The highest BCUT2D eigenvalue weighted by atomic mass is 35.5. The summed E-state index contributed by atoms with van der Waals surface area (Å²) < 4.78 is 26.3. The molecule has 0 radical (unpaired) electrons. The molecule has 0 N–H and O–H groups in total. The second-order valence-electron chi connectivity index (χ2n) is 4.30. The van der Waals surface area contributed by atoms with Crippen LogP contribution in [0, 0.1) is 25.5 Å². The van der Waals surface area contributed by atoms with Gasteiger partial charge in [0.1, 0.15) is 11.6 Å². The molecule has 18 heavy (non-hydrogen) atoms. The third-order valence-corrected chi connectivity index (χ3v) is 4.69. The van der Waals surface area contributed by atoms with Crippen molar-refractivity contribution in [1.82, 2.24) is 0 Å². The van der Waals surface area contributed by atoms with Gasteiger partial charge in [0.05, 0.1) is 5.38 Å². The fourth-order valence-corrected chi connectivity index (χ4v) is 3.12. The molecular weight excluding hydrogens is 274 g/mol. The van der Waals surface area contributed by atoms with E-state index in [0.29, 0.717) is 12.0 Å². The lowest BCUT2D eigenvalue weighted by Crippen LogP contribution is -1.97. The zero-order valence-corrected chi connectivity index (χ0v) is 11.7. The highest BCUT2D eigenvalue weighted by Gasteiger charge is 2.15. The molecule has 1 unspecified atom stereocenters. The van der Waals surface area contributed by atoms with Gasteiger partial charge in [-0.15, -0.1) is 22.9 Å². The normalized spacial score (nSPS) is 12.7. The lowest BCUT2D eigenvalue weighted by atomic mass is 10.1. The van der Waals surface area contributed by atoms with E-state index in [9.17, 15) is 8.78 Å². The molecule has 0 saturated carbocycles.